The van der Waals surface area contributed by atoms with Crippen molar-refractivity contribution < 1.29 is 13.2 Å². The summed E-state index contributed by atoms with van der Waals surface area (Å²) < 4.78 is 50.2. The molecule has 74 heavy (non-hydrogen) atoms. The minimum absolute atomic E-state index is 0.402. The van der Waals surface area contributed by atoms with Gasteiger partial charge >= 0.3 is 6.18 Å². The van der Waals surface area contributed by atoms with E-state index in [1.165, 1.54) is 12.1 Å². The van der Waals surface area contributed by atoms with Crippen molar-refractivity contribution in [3.05, 3.63) is 247 Å². The van der Waals surface area contributed by atoms with Crippen LogP contribution in [0.25, 0.3) is 123 Å². The highest BCUT2D eigenvalue weighted by Gasteiger charge is 2.32. The SMILES string of the molecule is Cc1cccc(-c2ccc3c(c2)c2ccccc2n3-c2ccc(C(F)(F)F)cc2-c2ccc(-c3nc(-c4ccccc4)nc(-c4ccccc4)n3)cc2-n2c3ccccc3c3cc(-c4cccc(C)c4)ccc32)c1. The number of halogens is 3. The number of fused-ring (bicyclic) bond motifs is 6. The molecule has 0 radical (unpaired) electrons. The number of para-hydroxylation sites is 2. The second-order valence-corrected chi connectivity index (χ2v) is 18.9. The molecule has 13 rings (SSSR count). The summed E-state index contributed by atoms with van der Waals surface area (Å²) in [5, 5.41) is 3.99. The van der Waals surface area contributed by atoms with E-state index in [0.29, 0.717) is 45.5 Å². The van der Waals surface area contributed by atoms with Gasteiger partial charge in [0, 0.05) is 49.4 Å². The lowest BCUT2D eigenvalue weighted by Crippen LogP contribution is -2.08. The van der Waals surface area contributed by atoms with Crippen LogP contribution >= 0.6 is 0 Å². The number of benzene rings is 10. The van der Waals surface area contributed by atoms with Crippen LogP contribution in [-0.4, -0.2) is 24.1 Å². The molecule has 8 heteroatoms. The minimum Gasteiger partial charge on any atom is -0.309 e. The van der Waals surface area contributed by atoms with Crippen molar-refractivity contribution in [3.8, 4) is 78.9 Å². The van der Waals surface area contributed by atoms with Crippen LogP contribution in [0.5, 0.6) is 0 Å². The molecule has 0 amide bonds. The predicted octanol–water partition coefficient (Wildman–Crippen LogP) is 17.7. The smallest absolute Gasteiger partial charge is 0.309 e. The number of aromatic nitrogens is 5. The number of aryl methyl sites for hydroxylation is 2. The summed E-state index contributed by atoms with van der Waals surface area (Å²) in [5.41, 5.74) is 13.9. The topological polar surface area (TPSA) is 48.5 Å². The van der Waals surface area contributed by atoms with Crippen molar-refractivity contribution in [2.45, 2.75) is 20.0 Å². The summed E-state index contributed by atoms with van der Waals surface area (Å²) in [7, 11) is 0. The van der Waals surface area contributed by atoms with Gasteiger partial charge < -0.3 is 9.13 Å². The molecule has 3 heterocycles. The molecule has 0 aliphatic heterocycles. The minimum atomic E-state index is -4.64. The Kier molecular flexibility index (Phi) is 10.7. The molecule has 0 atom stereocenters. The van der Waals surface area contributed by atoms with Gasteiger partial charge in [0.25, 0.3) is 0 Å². The Morgan fingerprint density at radius 1 is 0.311 bits per heavy atom. The average molecular weight is 964 g/mol. The normalized spacial score (nSPS) is 11.9. The van der Waals surface area contributed by atoms with Crippen LogP contribution in [0.1, 0.15) is 16.7 Å². The molecule has 0 N–H and O–H groups in total. The van der Waals surface area contributed by atoms with Crippen LogP contribution < -0.4 is 0 Å². The van der Waals surface area contributed by atoms with Gasteiger partial charge in [0.2, 0.25) is 0 Å². The Labute approximate surface area is 425 Å². The standard InChI is InChI=1S/C66H44F3N5/c1-41-15-13-21-45(35-41)47-28-32-59-54(37-47)51-23-9-11-25-57(51)73(59)61-34-30-50(66(67,68)69)40-56(61)53-31-27-49(65-71-63(43-17-5-3-6-18-43)70-64(72-65)44-19-7-4-8-20-44)39-62(53)74-58-26-12-10-24-52(58)55-38-48(29-33-60(55)74)46-22-14-16-42(2)36-46/h3-40H,1-2H3. The predicted molar refractivity (Wildman–Crippen MR) is 296 cm³/mol. The lowest BCUT2D eigenvalue weighted by Gasteiger charge is -2.21. The van der Waals surface area contributed by atoms with Gasteiger partial charge in [-0.05, 0) is 96.8 Å². The van der Waals surface area contributed by atoms with Crippen LogP contribution in [0.3, 0.4) is 0 Å². The first-order valence-corrected chi connectivity index (χ1v) is 24.6. The molecule has 0 aliphatic carbocycles. The van der Waals surface area contributed by atoms with Gasteiger partial charge in [-0.25, -0.2) is 15.0 Å². The summed E-state index contributed by atoms with van der Waals surface area (Å²) >= 11 is 0. The molecular weight excluding hydrogens is 920 g/mol. The van der Waals surface area contributed by atoms with Crippen molar-refractivity contribution in [3.63, 3.8) is 0 Å². The lowest BCUT2D eigenvalue weighted by molar-refractivity contribution is -0.137. The van der Waals surface area contributed by atoms with E-state index in [4.69, 9.17) is 15.0 Å². The Balaban J connectivity index is 1.11. The Bertz CT molecular complexity index is 4270. The molecule has 10 aromatic carbocycles. The summed E-state index contributed by atoms with van der Waals surface area (Å²) in [4.78, 5) is 15.2. The lowest BCUT2D eigenvalue weighted by atomic mass is 9.96. The van der Waals surface area contributed by atoms with Gasteiger partial charge in [-0.15, -0.1) is 0 Å². The quantitative estimate of drug-likeness (QED) is 0.152. The van der Waals surface area contributed by atoms with Crippen molar-refractivity contribution in [2.75, 3.05) is 0 Å². The number of hydrogen-bond donors (Lipinski definition) is 0. The maximum absolute atomic E-state index is 15.3. The van der Waals surface area contributed by atoms with E-state index in [2.05, 4.69) is 126 Å². The van der Waals surface area contributed by atoms with Crippen LogP contribution in [-0.2, 0) is 6.18 Å². The molecule has 5 nitrogen and oxygen atoms in total. The third-order valence-corrected chi connectivity index (χ3v) is 14.1. The van der Waals surface area contributed by atoms with Crippen molar-refractivity contribution in [1.29, 1.82) is 0 Å². The maximum Gasteiger partial charge on any atom is 0.416 e. The molecule has 0 spiro atoms. The van der Waals surface area contributed by atoms with Crippen LogP contribution in [0.15, 0.2) is 231 Å². The first-order chi connectivity index (χ1) is 36.1. The van der Waals surface area contributed by atoms with E-state index in [9.17, 15) is 0 Å². The molecule has 13 aromatic rings. The molecule has 0 unspecified atom stereocenters. The highest BCUT2D eigenvalue weighted by molar-refractivity contribution is 6.13. The zero-order valence-corrected chi connectivity index (χ0v) is 40.3. The van der Waals surface area contributed by atoms with E-state index in [1.807, 2.05) is 109 Å². The van der Waals surface area contributed by atoms with E-state index in [1.54, 1.807) is 6.07 Å². The van der Waals surface area contributed by atoms with Gasteiger partial charge in [-0.1, -0.05) is 181 Å². The summed E-state index contributed by atoms with van der Waals surface area (Å²) in [6.07, 6.45) is -4.64. The maximum atomic E-state index is 15.3. The van der Waals surface area contributed by atoms with Crippen molar-refractivity contribution in [2.24, 2.45) is 0 Å². The van der Waals surface area contributed by atoms with E-state index >= 15 is 13.2 Å². The number of alkyl halides is 3. The fourth-order valence-corrected chi connectivity index (χ4v) is 10.6. The zero-order valence-electron chi connectivity index (χ0n) is 40.3. The molecule has 0 bridgehead atoms. The molecule has 0 aliphatic rings. The third-order valence-electron chi connectivity index (χ3n) is 14.1. The van der Waals surface area contributed by atoms with Gasteiger partial charge in [0.1, 0.15) is 0 Å². The van der Waals surface area contributed by atoms with E-state index < -0.39 is 11.7 Å². The highest BCUT2D eigenvalue weighted by atomic mass is 19.4. The monoisotopic (exact) mass is 963 g/mol. The summed E-state index contributed by atoms with van der Waals surface area (Å²) in [5.74, 6) is 1.42. The van der Waals surface area contributed by atoms with Gasteiger partial charge in [-0.2, -0.15) is 13.2 Å². The molecular formula is C66H44F3N5. The van der Waals surface area contributed by atoms with Crippen molar-refractivity contribution >= 4 is 43.6 Å². The second kappa shape index (κ2) is 17.7. The molecule has 3 aromatic heterocycles. The molecule has 354 valence electrons. The zero-order chi connectivity index (χ0) is 50.1. The number of hydrogen-bond acceptors (Lipinski definition) is 3. The van der Waals surface area contributed by atoms with Crippen molar-refractivity contribution in [1.82, 2.24) is 24.1 Å². The number of nitrogens with zero attached hydrogens (tertiary/aromatic N) is 5. The molecule has 0 saturated heterocycles. The Hall–Kier alpha value is -9.40. The summed E-state index contributed by atoms with van der Waals surface area (Å²) in [6.45, 7) is 4.17. The van der Waals surface area contributed by atoms with Gasteiger partial charge in [0.05, 0.1) is 39.0 Å². The van der Waals surface area contributed by atoms with Crippen LogP contribution in [0, 0.1) is 13.8 Å². The van der Waals surface area contributed by atoms with E-state index in [-0.39, 0.29) is 0 Å². The first-order valence-electron chi connectivity index (χ1n) is 24.6. The molecule has 0 fully saturated rings. The average Bonchev–Trinajstić information content (AvgIpc) is 3.95. The Morgan fingerprint density at radius 3 is 1.26 bits per heavy atom. The fraction of sp³-hybridized carbons (Fsp3) is 0.0455. The largest absolute Gasteiger partial charge is 0.416 e. The van der Waals surface area contributed by atoms with Gasteiger partial charge in [0.15, 0.2) is 17.5 Å². The van der Waals surface area contributed by atoms with E-state index in [0.717, 1.165) is 88.1 Å². The summed E-state index contributed by atoms with van der Waals surface area (Å²) in [6, 6.07) is 75.7. The van der Waals surface area contributed by atoms with Crippen LogP contribution in [0.2, 0.25) is 0 Å². The third kappa shape index (κ3) is 7.79. The Morgan fingerprint density at radius 2 is 0.743 bits per heavy atom. The second-order valence-electron chi connectivity index (χ2n) is 18.9. The molecule has 0 saturated carbocycles. The van der Waals surface area contributed by atoms with Gasteiger partial charge in [-0.3, -0.25) is 0 Å². The number of rotatable bonds is 8. The first kappa shape index (κ1) is 44.5. The fourth-order valence-electron chi connectivity index (χ4n) is 10.6. The highest BCUT2D eigenvalue weighted by Crippen LogP contribution is 2.45. The van der Waals surface area contributed by atoms with Crippen LogP contribution in [0.4, 0.5) is 13.2 Å².